The van der Waals surface area contributed by atoms with E-state index in [9.17, 15) is 34.2 Å². The predicted molar refractivity (Wildman–Crippen MR) is 169 cm³/mol. The zero-order valence-corrected chi connectivity index (χ0v) is 26.8. The zero-order chi connectivity index (χ0) is 34.0. The Morgan fingerprint density at radius 3 is 2.35 bits per heavy atom. The lowest BCUT2D eigenvalue weighted by Gasteiger charge is -2.32. The first-order valence-electron chi connectivity index (χ1n) is 15.0. The number of aromatic nitrogens is 2. The maximum absolute atomic E-state index is 14.0. The van der Waals surface area contributed by atoms with Gasteiger partial charge < -0.3 is 35.5 Å². The Hall–Kier alpha value is -4.78. The van der Waals surface area contributed by atoms with Gasteiger partial charge in [0.1, 0.15) is 12.6 Å². The summed E-state index contributed by atoms with van der Waals surface area (Å²) < 4.78 is 4.67. The lowest BCUT2D eigenvalue weighted by atomic mass is 9.88. The maximum atomic E-state index is 14.0. The number of nitrogens with one attached hydrogen (secondary N) is 3. The van der Waals surface area contributed by atoms with Crippen molar-refractivity contribution < 1.29 is 38.9 Å². The number of carbonyl (C=O) groups is 5. The summed E-state index contributed by atoms with van der Waals surface area (Å²) >= 11 is 0. The van der Waals surface area contributed by atoms with Gasteiger partial charge in [-0.15, -0.1) is 0 Å². The Bertz CT molecular complexity index is 1520. The molecule has 0 aliphatic heterocycles. The van der Waals surface area contributed by atoms with E-state index in [1.165, 1.54) is 31.6 Å². The van der Waals surface area contributed by atoms with Gasteiger partial charge in [-0.1, -0.05) is 56.3 Å². The van der Waals surface area contributed by atoms with Crippen LogP contribution < -0.4 is 10.6 Å². The number of imidazole rings is 1. The van der Waals surface area contributed by atoms with E-state index in [2.05, 4.69) is 25.3 Å². The summed E-state index contributed by atoms with van der Waals surface area (Å²) in [5.41, 5.74) is -0.952. The van der Waals surface area contributed by atoms with Gasteiger partial charge in [-0.25, -0.2) is 9.78 Å². The first-order valence-corrected chi connectivity index (χ1v) is 15.0. The number of ether oxygens (including phenoxy) is 1. The fourth-order valence-electron chi connectivity index (χ4n) is 5.14. The van der Waals surface area contributed by atoms with Crippen LogP contribution in [0.4, 0.5) is 0 Å². The van der Waals surface area contributed by atoms with Crippen LogP contribution in [0.15, 0.2) is 55.0 Å². The molecule has 0 spiro atoms. The van der Waals surface area contributed by atoms with Gasteiger partial charge in [0.25, 0.3) is 0 Å². The van der Waals surface area contributed by atoms with E-state index in [-0.39, 0.29) is 38.1 Å². The molecular formula is C33H43N5O8. The normalized spacial score (nSPS) is 14.5. The summed E-state index contributed by atoms with van der Waals surface area (Å²) in [7, 11) is 2.65. The molecule has 0 aliphatic carbocycles. The molecule has 0 saturated carbocycles. The highest BCUT2D eigenvalue weighted by Gasteiger charge is 2.42. The number of H-pyrrole nitrogens is 1. The van der Waals surface area contributed by atoms with Crippen molar-refractivity contribution in [2.24, 2.45) is 11.8 Å². The van der Waals surface area contributed by atoms with Crippen molar-refractivity contribution >= 4 is 40.4 Å². The van der Waals surface area contributed by atoms with Crippen molar-refractivity contribution in [1.29, 1.82) is 0 Å². The average molecular weight is 638 g/mol. The Kier molecular flexibility index (Phi) is 12.4. The largest absolute Gasteiger partial charge is 0.479 e. The first-order chi connectivity index (χ1) is 21.7. The Balaban J connectivity index is 1.94. The minimum atomic E-state index is -2.28. The van der Waals surface area contributed by atoms with Crippen molar-refractivity contribution in [3.8, 4) is 0 Å². The molecule has 13 heteroatoms. The van der Waals surface area contributed by atoms with E-state index in [4.69, 9.17) is 0 Å². The van der Waals surface area contributed by atoms with Crippen LogP contribution in [0.2, 0.25) is 0 Å². The molecule has 3 amide bonds. The van der Waals surface area contributed by atoms with Crippen LogP contribution in [0.3, 0.4) is 0 Å². The number of rotatable bonds is 16. The summed E-state index contributed by atoms with van der Waals surface area (Å²) in [6.45, 7) is 4.46. The second-order valence-corrected chi connectivity index (χ2v) is 12.1. The number of amides is 3. The van der Waals surface area contributed by atoms with Gasteiger partial charge >= 0.3 is 11.9 Å². The number of fused-ring (bicyclic) bond motifs is 1. The number of benzene rings is 2. The van der Waals surface area contributed by atoms with Crippen molar-refractivity contribution in [3.63, 3.8) is 0 Å². The topological polar surface area (TPSA) is 191 Å². The lowest BCUT2D eigenvalue weighted by molar-refractivity contribution is -0.161. The molecule has 46 heavy (non-hydrogen) atoms. The molecule has 0 bridgehead atoms. The van der Waals surface area contributed by atoms with Crippen molar-refractivity contribution in [3.05, 3.63) is 66.2 Å². The highest BCUT2D eigenvalue weighted by molar-refractivity contribution is 5.93. The molecule has 2 unspecified atom stereocenters. The number of hydrogen-bond acceptors (Lipinski definition) is 8. The number of nitrogens with zero attached hydrogens (tertiary/aromatic N) is 2. The van der Waals surface area contributed by atoms with Crippen LogP contribution in [-0.2, 0) is 41.6 Å². The second kappa shape index (κ2) is 16.0. The fourth-order valence-corrected chi connectivity index (χ4v) is 5.14. The smallest absolute Gasteiger partial charge is 0.337 e. The molecule has 4 atom stereocenters. The van der Waals surface area contributed by atoms with Crippen LogP contribution in [0.1, 0.15) is 44.9 Å². The molecule has 0 saturated heterocycles. The number of aliphatic carboxylic acids is 1. The molecule has 0 radical (unpaired) electrons. The third-order valence-electron chi connectivity index (χ3n) is 7.90. The third kappa shape index (κ3) is 9.61. The van der Waals surface area contributed by atoms with E-state index in [1.807, 2.05) is 56.3 Å². The number of aromatic amines is 1. The van der Waals surface area contributed by atoms with E-state index in [0.717, 1.165) is 23.3 Å². The number of aliphatic hydroxyl groups is 1. The molecule has 13 nitrogen and oxygen atoms in total. The van der Waals surface area contributed by atoms with Gasteiger partial charge in [-0.3, -0.25) is 19.2 Å². The van der Waals surface area contributed by atoms with Crippen molar-refractivity contribution in [2.45, 2.75) is 64.1 Å². The maximum Gasteiger partial charge on any atom is 0.337 e. The van der Waals surface area contributed by atoms with Crippen molar-refractivity contribution in [2.75, 3.05) is 20.7 Å². The Labute approximate surface area is 267 Å². The number of carbonyl (C=O) groups excluding carboxylic acids is 4. The zero-order valence-electron chi connectivity index (χ0n) is 26.8. The molecule has 1 heterocycles. The van der Waals surface area contributed by atoms with Gasteiger partial charge in [-0.05, 0) is 42.0 Å². The summed E-state index contributed by atoms with van der Waals surface area (Å²) in [5.74, 6) is -4.94. The molecular weight excluding hydrogens is 594 g/mol. The third-order valence-corrected chi connectivity index (χ3v) is 7.90. The molecule has 0 fully saturated rings. The summed E-state index contributed by atoms with van der Waals surface area (Å²) in [6.07, 6.45) is 2.91. The number of hydrogen-bond donors (Lipinski definition) is 5. The number of methoxy groups -OCH3 is 1. The minimum Gasteiger partial charge on any atom is -0.479 e. The number of carboxylic acid groups (broad SMARTS) is 1. The molecule has 5 N–H and O–H groups in total. The SMILES string of the molecule is COC(=O)CN(C)C(=O)CC(Cc1cccc2ccccc12)C(=O)N[C@@H](Cc1cnc[nH]1)C(=O)N[C@@H](CC(C)C)C(C)(O)C(=O)O. The van der Waals surface area contributed by atoms with Gasteiger partial charge in [-0.2, -0.15) is 0 Å². The standard InChI is InChI=1S/C33H43N5O8/c1-20(2)13-27(33(3,45)32(43)44)37-31(42)26(16-24-17-34-19-35-24)36-30(41)23(15-28(39)38(4)18-29(40)46-5)14-22-11-8-10-21-9-6-7-12-25(21)22/h6-12,17,19-20,23,26-27,45H,13-16,18H2,1-5H3,(H,34,35)(H,36,41)(H,37,42)(H,43,44)/t23?,26-,27-,33?/m0/s1. The Morgan fingerprint density at radius 1 is 1.02 bits per heavy atom. The molecule has 248 valence electrons. The van der Waals surface area contributed by atoms with Gasteiger partial charge in [0, 0.05) is 31.8 Å². The highest BCUT2D eigenvalue weighted by Crippen LogP contribution is 2.24. The second-order valence-electron chi connectivity index (χ2n) is 12.1. The Morgan fingerprint density at radius 2 is 1.72 bits per heavy atom. The van der Waals surface area contributed by atoms with Gasteiger partial charge in [0.2, 0.25) is 17.7 Å². The van der Waals surface area contributed by atoms with Gasteiger partial charge in [0.05, 0.1) is 25.4 Å². The monoisotopic (exact) mass is 637 g/mol. The summed E-state index contributed by atoms with van der Waals surface area (Å²) in [4.78, 5) is 72.7. The highest BCUT2D eigenvalue weighted by atomic mass is 16.5. The number of esters is 1. The number of likely N-dealkylation sites (N-methyl/N-ethyl adjacent to an activating group) is 1. The molecule has 2 aromatic carbocycles. The van der Waals surface area contributed by atoms with E-state index < -0.39 is 53.3 Å². The van der Waals surface area contributed by atoms with Crippen LogP contribution in [0.5, 0.6) is 0 Å². The van der Waals surface area contributed by atoms with Crippen LogP contribution in [0, 0.1) is 11.8 Å². The molecule has 0 aliphatic rings. The number of carboxylic acids is 1. The quantitative estimate of drug-likeness (QED) is 0.146. The fraction of sp³-hybridized carbons (Fsp3) is 0.455. The summed E-state index contributed by atoms with van der Waals surface area (Å²) in [5, 5.41) is 27.7. The van der Waals surface area contributed by atoms with Crippen LogP contribution in [-0.4, -0.2) is 93.1 Å². The van der Waals surface area contributed by atoms with Crippen LogP contribution >= 0.6 is 0 Å². The van der Waals surface area contributed by atoms with Crippen LogP contribution in [0.25, 0.3) is 10.8 Å². The van der Waals surface area contributed by atoms with Crippen molar-refractivity contribution in [1.82, 2.24) is 25.5 Å². The molecule has 3 rings (SSSR count). The average Bonchev–Trinajstić information content (AvgIpc) is 3.52. The van der Waals surface area contributed by atoms with E-state index in [1.54, 1.807) is 0 Å². The van der Waals surface area contributed by atoms with Gasteiger partial charge in [0.15, 0.2) is 5.60 Å². The lowest BCUT2D eigenvalue weighted by Crippen LogP contribution is -2.60. The predicted octanol–water partition coefficient (Wildman–Crippen LogP) is 1.84. The summed E-state index contributed by atoms with van der Waals surface area (Å²) in [6, 6.07) is 10.9. The minimum absolute atomic E-state index is 0.0294. The van der Waals surface area contributed by atoms with E-state index in [0.29, 0.717) is 5.69 Å². The molecule has 3 aromatic rings. The first kappa shape index (κ1) is 35.7. The van der Waals surface area contributed by atoms with E-state index >= 15 is 0 Å². The molecule has 1 aromatic heterocycles.